The minimum Gasteiger partial charge on any atom is -0.399 e. The van der Waals surface area contributed by atoms with E-state index in [9.17, 15) is 0 Å². The first-order chi connectivity index (χ1) is 8.24. The smallest absolute Gasteiger partial charge is 0.0458 e. The van der Waals surface area contributed by atoms with Crippen LogP contribution in [0, 0.1) is 0 Å². The number of fused-ring (bicyclic) bond motifs is 1. The lowest BCUT2D eigenvalue weighted by molar-refractivity contribution is 0.310. The molecule has 0 bridgehead atoms. The van der Waals surface area contributed by atoms with Gasteiger partial charge in [-0.05, 0) is 56.6 Å². The number of aromatic nitrogens is 1. The minimum absolute atomic E-state index is 0.690. The Labute approximate surface area is 102 Å². The van der Waals surface area contributed by atoms with Crippen molar-refractivity contribution in [3.05, 3.63) is 30.0 Å². The third-order valence-corrected chi connectivity index (χ3v) is 3.92. The van der Waals surface area contributed by atoms with Crippen LogP contribution in [-0.2, 0) is 6.42 Å². The van der Waals surface area contributed by atoms with E-state index in [0.29, 0.717) is 6.04 Å². The fourth-order valence-electron chi connectivity index (χ4n) is 2.86. The predicted molar refractivity (Wildman–Crippen MR) is 72.1 cm³/mol. The molecule has 3 rings (SSSR count). The lowest BCUT2D eigenvalue weighted by atomic mass is 10.0. The third kappa shape index (κ3) is 1.91. The molecule has 1 saturated heterocycles. The van der Waals surface area contributed by atoms with E-state index in [1.165, 1.54) is 35.9 Å². The zero-order valence-electron chi connectivity index (χ0n) is 10.2. The number of aromatic amines is 1. The highest BCUT2D eigenvalue weighted by Gasteiger charge is 2.21. The summed E-state index contributed by atoms with van der Waals surface area (Å²) in [4.78, 5) is 5.79. The van der Waals surface area contributed by atoms with Gasteiger partial charge in [-0.2, -0.15) is 0 Å². The minimum atomic E-state index is 0.690. The van der Waals surface area contributed by atoms with Crippen molar-refractivity contribution < 1.29 is 0 Å². The average Bonchev–Trinajstić information content (AvgIpc) is 2.88. The Kier molecular flexibility index (Phi) is 2.56. The number of nitrogens with zero attached hydrogens (tertiary/aromatic N) is 1. The zero-order valence-corrected chi connectivity index (χ0v) is 10.2. The molecule has 3 heteroatoms. The Balaban J connectivity index is 1.92. The molecule has 1 fully saturated rings. The van der Waals surface area contributed by atoms with Gasteiger partial charge >= 0.3 is 0 Å². The average molecular weight is 229 g/mol. The van der Waals surface area contributed by atoms with E-state index in [1.807, 2.05) is 6.07 Å². The molecule has 2 aromatic rings. The normalized spacial score (nSPS) is 21.4. The summed E-state index contributed by atoms with van der Waals surface area (Å²) in [5, 5.41) is 1.28. The monoisotopic (exact) mass is 229 g/mol. The number of nitrogens with one attached hydrogen (secondary N) is 1. The fraction of sp³-hybridized carbons (Fsp3) is 0.429. The number of hydrogen-bond acceptors (Lipinski definition) is 2. The Morgan fingerprint density at radius 2 is 2.35 bits per heavy atom. The molecule has 1 aromatic heterocycles. The molecule has 1 unspecified atom stereocenters. The zero-order chi connectivity index (χ0) is 11.8. The topological polar surface area (TPSA) is 45.0 Å². The van der Waals surface area contributed by atoms with Gasteiger partial charge in [0.2, 0.25) is 0 Å². The second kappa shape index (κ2) is 4.08. The maximum atomic E-state index is 5.86. The molecule has 3 nitrogen and oxygen atoms in total. The number of H-pyrrole nitrogens is 1. The van der Waals surface area contributed by atoms with E-state index in [-0.39, 0.29) is 0 Å². The molecule has 0 amide bonds. The molecular weight excluding hydrogens is 210 g/mol. The maximum Gasteiger partial charge on any atom is 0.0458 e. The summed E-state index contributed by atoms with van der Waals surface area (Å²) in [6.07, 6.45) is 5.90. The number of benzene rings is 1. The number of nitrogens with two attached hydrogens (primary N) is 1. The van der Waals surface area contributed by atoms with Gasteiger partial charge in [-0.15, -0.1) is 0 Å². The molecule has 0 saturated carbocycles. The summed E-state index contributed by atoms with van der Waals surface area (Å²) in [7, 11) is 2.22. The molecule has 1 aromatic carbocycles. The SMILES string of the molecule is CN1CCCC1Cc1c[nH]c2ccc(N)cc12. The molecule has 3 N–H and O–H groups in total. The van der Waals surface area contributed by atoms with Crippen molar-refractivity contribution in [3.8, 4) is 0 Å². The molecule has 0 spiro atoms. The van der Waals surface area contributed by atoms with Crippen molar-refractivity contribution in [2.24, 2.45) is 0 Å². The lowest BCUT2D eigenvalue weighted by Gasteiger charge is -2.18. The van der Waals surface area contributed by atoms with Crippen molar-refractivity contribution in [2.75, 3.05) is 19.3 Å². The second-order valence-electron chi connectivity index (χ2n) is 5.10. The number of nitrogen functional groups attached to an aromatic ring is 1. The van der Waals surface area contributed by atoms with Crippen LogP contribution in [0.3, 0.4) is 0 Å². The third-order valence-electron chi connectivity index (χ3n) is 3.92. The molecule has 90 valence electrons. The van der Waals surface area contributed by atoms with E-state index in [2.05, 4.69) is 35.3 Å². The van der Waals surface area contributed by atoms with Gasteiger partial charge < -0.3 is 15.6 Å². The van der Waals surface area contributed by atoms with Gasteiger partial charge in [-0.3, -0.25) is 0 Å². The first kappa shape index (κ1) is 10.7. The molecule has 17 heavy (non-hydrogen) atoms. The Bertz CT molecular complexity index is 529. The van der Waals surface area contributed by atoms with E-state index in [1.54, 1.807) is 0 Å². The summed E-state index contributed by atoms with van der Waals surface area (Å²) >= 11 is 0. The fourth-order valence-corrected chi connectivity index (χ4v) is 2.86. The van der Waals surface area contributed by atoms with Crippen LogP contribution in [0.4, 0.5) is 5.69 Å². The summed E-state index contributed by atoms with van der Waals surface area (Å²) in [6, 6.07) is 6.78. The van der Waals surface area contributed by atoms with Crippen molar-refractivity contribution in [1.82, 2.24) is 9.88 Å². The van der Waals surface area contributed by atoms with E-state index in [4.69, 9.17) is 5.73 Å². The molecule has 1 atom stereocenters. The van der Waals surface area contributed by atoms with Crippen molar-refractivity contribution in [1.29, 1.82) is 0 Å². The van der Waals surface area contributed by atoms with E-state index in [0.717, 1.165) is 12.1 Å². The van der Waals surface area contributed by atoms with E-state index >= 15 is 0 Å². The number of rotatable bonds is 2. The molecular formula is C14H19N3. The van der Waals surface area contributed by atoms with Crippen molar-refractivity contribution in [2.45, 2.75) is 25.3 Å². The predicted octanol–water partition coefficient (Wildman–Crippen LogP) is 2.39. The van der Waals surface area contributed by atoms with Crippen LogP contribution < -0.4 is 5.73 Å². The van der Waals surface area contributed by atoms with Crippen LogP contribution in [0.5, 0.6) is 0 Å². The molecule has 0 radical (unpaired) electrons. The molecule has 1 aliphatic heterocycles. The van der Waals surface area contributed by atoms with Gasteiger partial charge in [-0.1, -0.05) is 0 Å². The molecule has 2 heterocycles. The summed E-state index contributed by atoms with van der Waals surface area (Å²) in [5.74, 6) is 0. The number of likely N-dealkylation sites (N-methyl/N-ethyl adjacent to an activating group) is 1. The number of anilines is 1. The summed E-state index contributed by atoms with van der Waals surface area (Å²) in [5.41, 5.74) is 9.29. The summed E-state index contributed by atoms with van der Waals surface area (Å²) in [6.45, 7) is 1.23. The van der Waals surface area contributed by atoms with Crippen LogP contribution in [0.1, 0.15) is 18.4 Å². The highest BCUT2D eigenvalue weighted by molar-refractivity contribution is 5.86. The van der Waals surface area contributed by atoms with Gasteiger partial charge in [0.15, 0.2) is 0 Å². The van der Waals surface area contributed by atoms with Crippen LogP contribution in [0.2, 0.25) is 0 Å². The van der Waals surface area contributed by atoms with Gasteiger partial charge in [-0.25, -0.2) is 0 Å². The van der Waals surface area contributed by atoms with Gasteiger partial charge in [0.25, 0.3) is 0 Å². The second-order valence-corrected chi connectivity index (χ2v) is 5.10. The van der Waals surface area contributed by atoms with Gasteiger partial charge in [0, 0.05) is 28.8 Å². The van der Waals surface area contributed by atoms with E-state index < -0.39 is 0 Å². The summed E-state index contributed by atoms with van der Waals surface area (Å²) < 4.78 is 0. The van der Waals surface area contributed by atoms with Crippen molar-refractivity contribution in [3.63, 3.8) is 0 Å². The maximum absolute atomic E-state index is 5.86. The highest BCUT2D eigenvalue weighted by atomic mass is 15.1. The first-order valence-electron chi connectivity index (χ1n) is 6.30. The van der Waals surface area contributed by atoms with Crippen LogP contribution in [0.15, 0.2) is 24.4 Å². The van der Waals surface area contributed by atoms with Crippen LogP contribution in [-0.4, -0.2) is 29.5 Å². The Morgan fingerprint density at radius 3 is 3.12 bits per heavy atom. The molecule has 0 aliphatic carbocycles. The highest BCUT2D eigenvalue weighted by Crippen LogP contribution is 2.25. The van der Waals surface area contributed by atoms with Gasteiger partial charge in [0.05, 0.1) is 0 Å². The quantitative estimate of drug-likeness (QED) is 0.777. The number of likely N-dealkylation sites (tertiary alicyclic amines) is 1. The van der Waals surface area contributed by atoms with Crippen LogP contribution in [0.25, 0.3) is 10.9 Å². The van der Waals surface area contributed by atoms with Crippen molar-refractivity contribution >= 4 is 16.6 Å². The van der Waals surface area contributed by atoms with Gasteiger partial charge in [0.1, 0.15) is 0 Å². The number of hydrogen-bond donors (Lipinski definition) is 2. The molecule has 1 aliphatic rings. The lowest BCUT2D eigenvalue weighted by Crippen LogP contribution is -2.26. The van der Waals surface area contributed by atoms with Crippen LogP contribution >= 0.6 is 0 Å². The standard InChI is InChI=1S/C14H19N3/c1-17-6-2-3-12(17)7-10-9-16-14-5-4-11(15)8-13(10)14/h4-5,8-9,12,16H,2-3,6-7,15H2,1H3. The Morgan fingerprint density at radius 1 is 1.47 bits per heavy atom. The first-order valence-corrected chi connectivity index (χ1v) is 6.30. The largest absolute Gasteiger partial charge is 0.399 e. The Hall–Kier alpha value is -1.48.